The topological polar surface area (TPSA) is 34.1 Å². The second-order valence-corrected chi connectivity index (χ2v) is 6.41. The number of aryl methyl sites for hydroxylation is 2. The van der Waals surface area contributed by atoms with E-state index >= 15 is 0 Å². The van der Waals surface area contributed by atoms with Gasteiger partial charge in [-0.2, -0.15) is 0 Å². The molecule has 0 aliphatic heterocycles. The Morgan fingerprint density at radius 2 is 2.00 bits per heavy atom. The van der Waals surface area contributed by atoms with Crippen LogP contribution in [0.4, 0.5) is 0 Å². The van der Waals surface area contributed by atoms with E-state index < -0.39 is 0 Å². The largest absolute Gasteiger partial charge is 0.497 e. The zero-order chi connectivity index (χ0) is 15.1. The van der Waals surface area contributed by atoms with Gasteiger partial charge in [0.05, 0.1) is 17.8 Å². The molecule has 0 aliphatic carbocycles. The molecule has 0 fully saturated rings. The first-order valence-corrected chi connectivity index (χ1v) is 8.32. The average molecular weight is 304 g/mol. The predicted molar refractivity (Wildman–Crippen MR) is 89.3 cm³/mol. The molecule has 0 aliphatic rings. The molecule has 0 saturated carbocycles. The summed E-state index contributed by atoms with van der Waals surface area (Å²) in [6.45, 7) is 5.29. The fraction of sp³-hybridized carbons (Fsp3) is 0.471. The zero-order valence-electron chi connectivity index (χ0n) is 13.1. The Morgan fingerprint density at radius 1 is 1.24 bits per heavy atom. The average Bonchev–Trinajstić information content (AvgIpc) is 2.91. The Hall–Kier alpha value is -1.39. The molecule has 0 radical (unpaired) electrons. The van der Waals surface area contributed by atoms with Crippen LogP contribution in [-0.2, 0) is 12.8 Å². The van der Waals surface area contributed by atoms with Crippen LogP contribution in [0.25, 0.3) is 0 Å². The second kappa shape index (κ2) is 8.15. The molecule has 1 unspecified atom stereocenters. The molecule has 1 N–H and O–H groups in total. The molecule has 1 heterocycles. The molecule has 2 rings (SSSR count). The molecule has 0 spiro atoms. The van der Waals surface area contributed by atoms with E-state index in [0.29, 0.717) is 6.04 Å². The van der Waals surface area contributed by atoms with Crippen molar-refractivity contribution < 1.29 is 4.74 Å². The summed E-state index contributed by atoms with van der Waals surface area (Å²) in [6.07, 6.45) is 3.24. The van der Waals surface area contributed by atoms with Gasteiger partial charge in [-0.1, -0.05) is 12.1 Å². The quantitative estimate of drug-likeness (QED) is 0.809. The SMILES string of the molecule is COc1ccc(CCC(C)NCCc2csc(C)n2)cc1. The number of benzene rings is 1. The van der Waals surface area contributed by atoms with E-state index in [2.05, 4.69) is 41.7 Å². The van der Waals surface area contributed by atoms with Crippen LogP contribution in [0.5, 0.6) is 5.75 Å². The van der Waals surface area contributed by atoms with Crippen molar-refractivity contribution >= 4 is 11.3 Å². The minimum atomic E-state index is 0.520. The van der Waals surface area contributed by atoms with Crippen molar-refractivity contribution in [2.75, 3.05) is 13.7 Å². The highest BCUT2D eigenvalue weighted by molar-refractivity contribution is 7.09. The van der Waals surface area contributed by atoms with Crippen molar-refractivity contribution in [1.29, 1.82) is 0 Å². The maximum absolute atomic E-state index is 5.17. The van der Waals surface area contributed by atoms with E-state index in [4.69, 9.17) is 4.74 Å². The van der Waals surface area contributed by atoms with E-state index in [1.165, 1.54) is 11.3 Å². The molecule has 114 valence electrons. The summed E-state index contributed by atoms with van der Waals surface area (Å²) in [4.78, 5) is 4.48. The van der Waals surface area contributed by atoms with E-state index in [1.54, 1.807) is 18.4 Å². The number of ether oxygens (including phenoxy) is 1. The summed E-state index contributed by atoms with van der Waals surface area (Å²) in [5, 5.41) is 6.88. The minimum Gasteiger partial charge on any atom is -0.497 e. The van der Waals surface area contributed by atoms with E-state index in [1.807, 2.05) is 12.1 Å². The fourth-order valence-corrected chi connectivity index (χ4v) is 2.89. The standard InChI is InChI=1S/C17H24N2OS/c1-13(18-11-10-16-12-21-14(2)19-16)4-5-15-6-8-17(20-3)9-7-15/h6-9,12-13,18H,4-5,10-11H2,1-3H3. The normalized spacial score (nSPS) is 12.3. The summed E-state index contributed by atoms with van der Waals surface area (Å²) in [5.74, 6) is 0.920. The zero-order valence-corrected chi connectivity index (χ0v) is 13.9. The van der Waals surface area contributed by atoms with Gasteiger partial charge in [0.15, 0.2) is 0 Å². The van der Waals surface area contributed by atoms with Gasteiger partial charge in [0.1, 0.15) is 5.75 Å². The van der Waals surface area contributed by atoms with E-state index in [0.717, 1.165) is 36.6 Å². The van der Waals surface area contributed by atoms with Gasteiger partial charge in [0.2, 0.25) is 0 Å². The van der Waals surface area contributed by atoms with Crippen molar-refractivity contribution in [3.63, 3.8) is 0 Å². The number of nitrogens with one attached hydrogen (secondary N) is 1. The molecule has 1 aromatic carbocycles. The number of thiazole rings is 1. The highest BCUT2D eigenvalue weighted by Crippen LogP contribution is 2.13. The van der Waals surface area contributed by atoms with Crippen molar-refractivity contribution in [2.45, 2.75) is 39.2 Å². The van der Waals surface area contributed by atoms with E-state index in [-0.39, 0.29) is 0 Å². The predicted octanol–water partition coefficient (Wildman–Crippen LogP) is 3.61. The third-order valence-corrected chi connectivity index (χ3v) is 4.39. The number of hydrogen-bond acceptors (Lipinski definition) is 4. The number of methoxy groups -OCH3 is 1. The molecule has 4 heteroatoms. The molecule has 0 saturated heterocycles. The fourth-order valence-electron chi connectivity index (χ4n) is 2.25. The molecule has 1 aromatic heterocycles. The Morgan fingerprint density at radius 3 is 2.62 bits per heavy atom. The summed E-state index contributed by atoms with van der Waals surface area (Å²) < 4.78 is 5.17. The second-order valence-electron chi connectivity index (χ2n) is 5.35. The van der Waals surface area contributed by atoms with Gasteiger partial charge < -0.3 is 10.1 Å². The van der Waals surface area contributed by atoms with Gasteiger partial charge in [0, 0.05) is 24.4 Å². The van der Waals surface area contributed by atoms with Gasteiger partial charge >= 0.3 is 0 Å². The Labute approximate surface area is 131 Å². The molecule has 3 nitrogen and oxygen atoms in total. The van der Waals surface area contributed by atoms with Crippen molar-refractivity contribution in [2.24, 2.45) is 0 Å². The smallest absolute Gasteiger partial charge is 0.118 e. The van der Waals surface area contributed by atoms with Crippen LogP contribution in [0.1, 0.15) is 29.6 Å². The lowest BCUT2D eigenvalue weighted by atomic mass is 10.1. The molecule has 0 amide bonds. The van der Waals surface area contributed by atoms with Gasteiger partial charge in [-0.15, -0.1) is 11.3 Å². The van der Waals surface area contributed by atoms with Crippen molar-refractivity contribution in [3.05, 3.63) is 45.9 Å². The van der Waals surface area contributed by atoms with Crippen LogP contribution in [0.3, 0.4) is 0 Å². The van der Waals surface area contributed by atoms with Gasteiger partial charge in [-0.25, -0.2) is 4.98 Å². The maximum Gasteiger partial charge on any atom is 0.118 e. The third-order valence-electron chi connectivity index (χ3n) is 3.57. The lowest BCUT2D eigenvalue weighted by Crippen LogP contribution is -2.28. The van der Waals surface area contributed by atoms with Crippen LogP contribution >= 0.6 is 11.3 Å². The highest BCUT2D eigenvalue weighted by atomic mass is 32.1. The maximum atomic E-state index is 5.17. The number of rotatable bonds is 8. The number of aromatic nitrogens is 1. The molecular weight excluding hydrogens is 280 g/mol. The lowest BCUT2D eigenvalue weighted by Gasteiger charge is -2.13. The highest BCUT2D eigenvalue weighted by Gasteiger charge is 2.04. The van der Waals surface area contributed by atoms with Gasteiger partial charge in [-0.05, 0) is 44.4 Å². The summed E-state index contributed by atoms with van der Waals surface area (Å²) in [5.41, 5.74) is 2.56. The first kappa shape index (κ1) is 16.0. The first-order chi connectivity index (χ1) is 10.2. The Balaban J connectivity index is 1.65. The van der Waals surface area contributed by atoms with Crippen molar-refractivity contribution in [1.82, 2.24) is 10.3 Å². The van der Waals surface area contributed by atoms with Crippen LogP contribution < -0.4 is 10.1 Å². The molecular formula is C17H24N2OS. The van der Waals surface area contributed by atoms with Crippen LogP contribution in [0, 0.1) is 6.92 Å². The molecule has 21 heavy (non-hydrogen) atoms. The van der Waals surface area contributed by atoms with Gasteiger partial charge in [-0.3, -0.25) is 0 Å². The first-order valence-electron chi connectivity index (χ1n) is 7.44. The Bertz CT molecular complexity index is 536. The van der Waals surface area contributed by atoms with Crippen LogP contribution in [-0.4, -0.2) is 24.7 Å². The van der Waals surface area contributed by atoms with Crippen LogP contribution in [0.15, 0.2) is 29.6 Å². The number of nitrogens with zero attached hydrogens (tertiary/aromatic N) is 1. The minimum absolute atomic E-state index is 0.520. The monoisotopic (exact) mass is 304 g/mol. The Kier molecular flexibility index (Phi) is 6.21. The third kappa shape index (κ3) is 5.48. The van der Waals surface area contributed by atoms with Crippen molar-refractivity contribution in [3.8, 4) is 5.75 Å². The van der Waals surface area contributed by atoms with Crippen LogP contribution in [0.2, 0.25) is 0 Å². The number of hydrogen-bond donors (Lipinski definition) is 1. The van der Waals surface area contributed by atoms with E-state index in [9.17, 15) is 0 Å². The summed E-state index contributed by atoms with van der Waals surface area (Å²) >= 11 is 1.72. The molecule has 0 bridgehead atoms. The lowest BCUT2D eigenvalue weighted by molar-refractivity contribution is 0.414. The van der Waals surface area contributed by atoms with Gasteiger partial charge in [0.25, 0.3) is 0 Å². The summed E-state index contributed by atoms with van der Waals surface area (Å²) in [6, 6.07) is 8.86. The summed E-state index contributed by atoms with van der Waals surface area (Å²) in [7, 11) is 1.70. The molecule has 2 aromatic rings. The molecule has 1 atom stereocenters.